The van der Waals surface area contributed by atoms with Crippen molar-refractivity contribution >= 4 is 28.1 Å². The molecule has 0 unspecified atom stereocenters. The Morgan fingerprint density at radius 1 is 0.750 bits per heavy atom. The number of Topliss-reactive ketones (excluding diaryl/α,β-unsaturated/α-hetero) is 1. The number of methoxy groups -OCH3 is 3. The first-order valence-corrected chi connectivity index (χ1v) is 13.5. The van der Waals surface area contributed by atoms with Gasteiger partial charge in [-0.15, -0.1) is 0 Å². The number of carbonyl (C=O) groups is 3. The molecular weight excluding hydrogens is 575 g/mol. The summed E-state index contributed by atoms with van der Waals surface area (Å²) in [4.78, 5) is 41.0. The molecule has 0 bridgehead atoms. The quantitative estimate of drug-likeness (QED) is 0.190. The molecule has 0 radical (unpaired) electrons. The molecule has 0 aliphatic heterocycles. The minimum atomic E-state index is -1.99. The summed E-state index contributed by atoms with van der Waals surface area (Å²) in [6.45, 7) is 2.91. The maximum absolute atomic E-state index is 13.9. The Bertz CT molecular complexity index is 1990. The van der Waals surface area contributed by atoms with Crippen molar-refractivity contribution in [3.8, 4) is 45.6 Å². The number of rotatable bonds is 4. The van der Waals surface area contributed by atoms with Gasteiger partial charge >= 0.3 is 0 Å². The van der Waals surface area contributed by atoms with Crippen LogP contribution >= 0.6 is 0 Å². The molecule has 0 saturated heterocycles. The van der Waals surface area contributed by atoms with Gasteiger partial charge in [-0.25, -0.2) is 0 Å². The first-order chi connectivity index (χ1) is 20.8. The topological polar surface area (TPSA) is 180 Å². The van der Waals surface area contributed by atoms with Gasteiger partial charge in [0.2, 0.25) is 5.78 Å². The van der Waals surface area contributed by atoms with Crippen LogP contribution in [0.1, 0.15) is 60.3 Å². The molecule has 0 saturated carbocycles. The average molecular weight is 604 g/mol. The number of carbonyl (C=O) groups excluding carboxylic acids is 3. The van der Waals surface area contributed by atoms with E-state index in [4.69, 9.17) is 14.2 Å². The third kappa shape index (κ3) is 3.79. The molecule has 0 spiro atoms. The number of phenolic OH excluding ortho intramolecular Hbond substituents is 3. The van der Waals surface area contributed by atoms with Gasteiger partial charge in [0.05, 0.1) is 54.6 Å². The van der Waals surface area contributed by atoms with Gasteiger partial charge in [0.25, 0.3) is 0 Å². The second-order valence-electron chi connectivity index (χ2n) is 11.2. The van der Waals surface area contributed by atoms with E-state index in [1.807, 2.05) is 0 Å². The van der Waals surface area contributed by atoms with Gasteiger partial charge in [-0.2, -0.15) is 0 Å². The lowest BCUT2D eigenvalue weighted by molar-refractivity contribution is -0.0488. The van der Waals surface area contributed by atoms with Crippen LogP contribution in [0.5, 0.6) is 34.5 Å². The predicted octanol–water partition coefficient (Wildman–Crippen LogP) is 3.58. The summed E-state index contributed by atoms with van der Waals surface area (Å²) >= 11 is 0. The number of fused-ring (bicyclic) bond motifs is 4. The number of aromatic hydroxyl groups is 3. The molecule has 44 heavy (non-hydrogen) atoms. The van der Waals surface area contributed by atoms with Crippen molar-refractivity contribution in [2.75, 3.05) is 21.3 Å². The highest BCUT2D eigenvalue weighted by atomic mass is 16.5. The largest absolute Gasteiger partial charge is 0.507 e. The van der Waals surface area contributed by atoms with E-state index in [0.29, 0.717) is 5.56 Å². The molecule has 2 atom stereocenters. The number of benzene rings is 4. The second-order valence-corrected chi connectivity index (χ2v) is 11.2. The highest BCUT2D eigenvalue weighted by Gasteiger charge is 2.47. The molecule has 4 aromatic carbocycles. The highest BCUT2D eigenvalue weighted by molar-refractivity contribution is 6.31. The lowest BCUT2D eigenvalue weighted by Gasteiger charge is -2.36. The monoisotopic (exact) mass is 603 g/mol. The second kappa shape index (κ2) is 9.69. The van der Waals surface area contributed by atoms with E-state index in [1.54, 1.807) is 6.92 Å². The van der Waals surface area contributed by atoms with Gasteiger partial charge in [-0.05, 0) is 49.2 Å². The van der Waals surface area contributed by atoms with E-state index in [2.05, 4.69) is 0 Å². The molecule has 2 aliphatic rings. The van der Waals surface area contributed by atoms with Crippen molar-refractivity contribution in [2.24, 2.45) is 0 Å². The van der Waals surface area contributed by atoms with Crippen LogP contribution in [-0.2, 0) is 6.42 Å². The van der Waals surface area contributed by atoms with Crippen molar-refractivity contribution in [3.63, 3.8) is 0 Å². The molecule has 0 heterocycles. The number of hydrogen-bond donors (Lipinski definition) is 5. The fourth-order valence-corrected chi connectivity index (χ4v) is 6.38. The van der Waals surface area contributed by atoms with Gasteiger partial charge in [0.15, 0.2) is 11.6 Å². The molecule has 6 rings (SSSR count). The Kier molecular flexibility index (Phi) is 6.38. The van der Waals surface area contributed by atoms with Crippen LogP contribution in [0.3, 0.4) is 0 Å². The normalized spacial score (nSPS) is 19.0. The summed E-state index contributed by atoms with van der Waals surface area (Å²) in [5.74, 6) is -3.82. The van der Waals surface area contributed by atoms with Crippen LogP contribution in [0.25, 0.3) is 21.9 Å². The van der Waals surface area contributed by atoms with Crippen LogP contribution < -0.4 is 14.2 Å². The fraction of sp³-hybridized carbons (Fsp3) is 0.242. The molecule has 0 amide bonds. The maximum Gasteiger partial charge on any atom is 0.201 e. The summed E-state index contributed by atoms with van der Waals surface area (Å²) in [6, 6.07) is 7.06. The Hall–Kier alpha value is -5.13. The Labute approximate surface area is 250 Å². The van der Waals surface area contributed by atoms with Crippen molar-refractivity contribution in [1.82, 2.24) is 0 Å². The minimum absolute atomic E-state index is 0.0178. The number of aliphatic hydroxyl groups excluding tert-OH is 1. The van der Waals surface area contributed by atoms with E-state index in [-0.39, 0.29) is 73.4 Å². The van der Waals surface area contributed by atoms with Crippen LogP contribution in [0.4, 0.5) is 0 Å². The summed E-state index contributed by atoms with van der Waals surface area (Å²) in [7, 11) is 4.02. The number of aryl methyl sites for hydroxylation is 1. The first-order valence-electron chi connectivity index (χ1n) is 13.5. The Morgan fingerprint density at radius 2 is 1.41 bits per heavy atom. The van der Waals surface area contributed by atoms with Crippen LogP contribution in [0.15, 0.2) is 30.3 Å². The van der Waals surface area contributed by atoms with Gasteiger partial charge in [0.1, 0.15) is 40.6 Å². The molecule has 4 aromatic rings. The zero-order valence-electron chi connectivity index (χ0n) is 24.4. The molecule has 2 aliphatic carbocycles. The number of hydrogen-bond acceptors (Lipinski definition) is 11. The first kappa shape index (κ1) is 29.0. The number of phenols is 3. The van der Waals surface area contributed by atoms with Crippen molar-refractivity contribution < 1.29 is 54.1 Å². The van der Waals surface area contributed by atoms with E-state index in [9.17, 15) is 39.9 Å². The number of ether oxygens (including phenoxy) is 3. The molecule has 5 N–H and O–H groups in total. The summed E-state index contributed by atoms with van der Waals surface area (Å²) < 4.78 is 16.6. The third-order valence-corrected chi connectivity index (χ3v) is 8.44. The van der Waals surface area contributed by atoms with Gasteiger partial charge in [-0.3, -0.25) is 14.4 Å². The van der Waals surface area contributed by atoms with Crippen molar-refractivity contribution in [2.45, 2.75) is 32.0 Å². The molecule has 226 valence electrons. The summed E-state index contributed by atoms with van der Waals surface area (Å²) in [5.41, 5.74) is -2.71. The van der Waals surface area contributed by atoms with E-state index < -0.39 is 51.9 Å². The van der Waals surface area contributed by atoms with Gasteiger partial charge in [0, 0.05) is 34.6 Å². The fourth-order valence-electron chi connectivity index (χ4n) is 6.38. The zero-order chi connectivity index (χ0) is 32.0. The lowest BCUT2D eigenvalue weighted by atomic mass is 9.73. The smallest absolute Gasteiger partial charge is 0.201 e. The predicted molar refractivity (Wildman–Crippen MR) is 157 cm³/mol. The molecular formula is C33H28O11. The number of aliphatic hydroxyl groups is 2. The molecule has 0 fully saturated rings. The van der Waals surface area contributed by atoms with Crippen molar-refractivity contribution in [3.05, 3.63) is 69.3 Å². The molecule has 11 heteroatoms. The Morgan fingerprint density at radius 3 is 2.05 bits per heavy atom. The summed E-state index contributed by atoms with van der Waals surface area (Å²) in [6.07, 6.45) is -2.26. The van der Waals surface area contributed by atoms with Crippen LogP contribution in [-0.4, -0.2) is 75.9 Å². The van der Waals surface area contributed by atoms with Crippen molar-refractivity contribution in [1.29, 1.82) is 0 Å². The third-order valence-electron chi connectivity index (χ3n) is 8.44. The van der Waals surface area contributed by atoms with E-state index >= 15 is 0 Å². The summed E-state index contributed by atoms with van der Waals surface area (Å²) in [5, 5.41) is 56.1. The molecule has 0 aromatic heterocycles. The Balaban J connectivity index is 1.81. The highest BCUT2D eigenvalue weighted by Crippen LogP contribution is 2.55. The van der Waals surface area contributed by atoms with E-state index in [1.165, 1.54) is 58.6 Å². The molecule has 11 nitrogen and oxygen atoms in total. The standard InChI is InChI=1S/C33H28O11/c1-12-6-15-22(18(34)7-12)28(36)24-16(27(15)35)10-20(44-5)26(30(24)38)21-14-8-13(42-3)9-19(43-4)23(14)29(37)25-17(21)11-33(2,41)32(40)31(25)39/h6-10,32,34,37-38,40-41H,11H2,1-5H3/t32-,33+/m1/s1/i3+1,4+1,5+1. The van der Waals surface area contributed by atoms with Crippen LogP contribution in [0.2, 0.25) is 0 Å². The minimum Gasteiger partial charge on any atom is -0.507 e. The number of ketones is 3. The van der Waals surface area contributed by atoms with E-state index in [0.717, 1.165) is 0 Å². The zero-order valence-corrected chi connectivity index (χ0v) is 24.4. The van der Waals surface area contributed by atoms with Gasteiger partial charge in [-0.1, -0.05) is 0 Å². The van der Waals surface area contributed by atoms with Crippen LogP contribution in [0, 0.1) is 6.92 Å². The maximum atomic E-state index is 13.9. The lowest BCUT2D eigenvalue weighted by Crippen LogP contribution is -2.50. The SMILES string of the molecule is Cc1cc(O)c2c(c1)C(=O)c1cc(O[13CH3])c(-c3c4c(c(O)c5c(O[13CH3])cc(O[13CH3])cc35)C(=O)[C@@H](O)[C@@](C)(O)C4)c(O)c1C2=O. The average Bonchev–Trinajstić information content (AvgIpc) is 2.97. The van der Waals surface area contributed by atoms with Gasteiger partial charge < -0.3 is 39.7 Å².